The summed E-state index contributed by atoms with van der Waals surface area (Å²) in [5, 5.41) is 11.6. The van der Waals surface area contributed by atoms with Gasteiger partial charge in [-0.25, -0.2) is 4.79 Å². The molecule has 0 bridgehead atoms. The minimum atomic E-state index is -2.23. The molecule has 1 spiro atoms. The van der Waals surface area contributed by atoms with E-state index in [-0.39, 0.29) is 40.7 Å². The zero-order valence-corrected chi connectivity index (χ0v) is 28.0. The van der Waals surface area contributed by atoms with Crippen molar-refractivity contribution in [3.05, 3.63) is 11.6 Å². The van der Waals surface area contributed by atoms with E-state index in [9.17, 15) is 9.90 Å². The fraction of sp³-hybridized carbons (Fsp3) is 0.900. The molecule has 1 aliphatic heterocycles. The summed E-state index contributed by atoms with van der Waals surface area (Å²) in [6.45, 7) is 29.4. The maximum atomic E-state index is 13.0. The molecule has 4 fully saturated rings. The van der Waals surface area contributed by atoms with E-state index in [1.165, 1.54) is 0 Å². The average molecular weight is 565 g/mol. The van der Waals surface area contributed by atoms with Crippen molar-refractivity contribution in [3.63, 3.8) is 0 Å². The van der Waals surface area contributed by atoms with Gasteiger partial charge < -0.3 is 23.4 Å². The minimum absolute atomic E-state index is 0.0272. The van der Waals surface area contributed by atoms with Crippen molar-refractivity contribution in [2.45, 2.75) is 135 Å². The molecular weight excluding hydrogens is 512 g/mol. The van der Waals surface area contributed by atoms with Crippen molar-refractivity contribution in [1.29, 1.82) is 0 Å². The monoisotopic (exact) mass is 564 g/mol. The van der Waals surface area contributed by atoms with Crippen LogP contribution >= 0.6 is 0 Å². The largest absolute Gasteiger partial charge is 0.509 e. The van der Waals surface area contributed by atoms with Gasteiger partial charge in [-0.15, -0.1) is 0 Å². The molecule has 5 aliphatic rings. The normalized spacial score (nSPS) is 47.6. The Balaban J connectivity index is 1.82. The Morgan fingerprint density at radius 2 is 1.66 bits per heavy atom. The van der Waals surface area contributed by atoms with Gasteiger partial charge in [0.05, 0.1) is 17.3 Å². The summed E-state index contributed by atoms with van der Waals surface area (Å²) >= 11 is 0. The second-order valence-corrected chi connectivity index (χ2v) is 25.9. The van der Waals surface area contributed by atoms with Crippen LogP contribution in [0.5, 0.6) is 0 Å². The molecule has 0 aromatic carbocycles. The zero-order chi connectivity index (χ0) is 28.6. The van der Waals surface area contributed by atoms with E-state index >= 15 is 0 Å². The summed E-state index contributed by atoms with van der Waals surface area (Å²) < 4.78 is 27.3. The van der Waals surface area contributed by atoms with Crippen LogP contribution in [0.4, 0.5) is 4.79 Å². The first-order valence-electron chi connectivity index (χ1n) is 14.7. The first-order chi connectivity index (χ1) is 17.0. The molecule has 4 aliphatic carbocycles. The Morgan fingerprint density at radius 1 is 1.05 bits per heavy atom. The lowest BCUT2D eigenvalue weighted by atomic mass is 9.62. The molecule has 3 saturated carbocycles. The van der Waals surface area contributed by atoms with Crippen LogP contribution in [0.1, 0.15) is 68.2 Å². The SMILES string of the molecule is C[C@H]1[C@@H](O[Si](C)(C)C(C)(C)C)[C@H]2[C@H]3[C@@H](C[C@@H](C)[C@]2(O[Si](C)(C)C)C2=C[C@@](C)(O)C[C@]24OC(=O)O[C@H]14)C3(C)C. The summed E-state index contributed by atoms with van der Waals surface area (Å²) in [7, 11) is -4.38. The van der Waals surface area contributed by atoms with Crippen molar-refractivity contribution in [2.24, 2.45) is 35.0 Å². The van der Waals surface area contributed by atoms with Crippen LogP contribution < -0.4 is 0 Å². The van der Waals surface area contributed by atoms with Crippen molar-refractivity contribution >= 4 is 22.8 Å². The summed E-state index contributed by atoms with van der Waals surface area (Å²) in [5.74, 6) is 1.15. The average Bonchev–Trinajstić information content (AvgIpc) is 2.98. The maximum Gasteiger partial charge on any atom is 0.509 e. The van der Waals surface area contributed by atoms with E-state index in [0.717, 1.165) is 12.0 Å². The minimum Gasteiger partial charge on any atom is -0.426 e. The van der Waals surface area contributed by atoms with E-state index < -0.39 is 45.7 Å². The fourth-order valence-electron chi connectivity index (χ4n) is 8.78. The molecule has 8 heteroatoms. The molecule has 0 radical (unpaired) electrons. The van der Waals surface area contributed by atoms with E-state index in [1.807, 2.05) is 13.0 Å². The molecule has 1 saturated heterocycles. The topological polar surface area (TPSA) is 74.2 Å². The van der Waals surface area contributed by atoms with Gasteiger partial charge in [0.1, 0.15) is 0 Å². The lowest BCUT2D eigenvalue weighted by molar-refractivity contribution is -0.107. The van der Waals surface area contributed by atoms with Gasteiger partial charge in [0.25, 0.3) is 0 Å². The summed E-state index contributed by atoms with van der Waals surface area (Å²) in [4.78, 5) is 13.0. The number of aliphatic hydroxyl groups is 1. The Morgan fingerprint density at radius 3 is 2.21 bits per heavy atom. The molecule has 1 heterocycles. The summed E-state index contributed by atoms with van der Waals surface area (Å²) in [6, 6.07) is 0. The smallest absolute Gasteiger partial charge is 0.426 e. The Labute approximate surface area is 232 Å². The van der Waals surface area contributed by atoms with Crippen LogP contribution in [0.2, 0.25) is 37.8 Å². The molecule has 1 N–H and O–H groups in total. The molecule has 0 unspecified atom stereocenters. The Kier molecular flexibility index (Phi) is 6.06. The van der Waals surface area contributed by atoms with Crippen molar-refractivity contribution < 1.29 is 28.2 Å². The molecular formula is C30H52O6Si2. The maximum absolute atomic E-state index is 13.0. The van der Waals surface area contributed by atoms with Crippen LogP contribution in [0.3, 0.4) is 0 Å². The summed E-state index contributed by atoms with van der Waals surface area (Å²) in [6.07, 6.45) is 1.99. The number of hydrogen-bond acceptors (Lipinski definition) is 6. The quantitative estimate of drug-likeness (QED) is 0.227. The molecule has 0 aromatic rings. The van der Waals surface area contributed by atoms with Gasteiger partial charge in [-0.2, -0.15) is 0 Å². The van der Waals surface area contributed by atoms with Crippen LogP contribution in [0, 0.1) is 35.0 Å². The van der Waals surface area contributed by atoms with Crippen LogP contribution in [0.25, 0.3) is 0 Å². The highest BCUT2D eigenvalue weighted by Crippen LogP contribution is 2.76. The van der Waals surface area contributed by atoms with E-state index in [1.54, 1.807) is 0 Å². The molecule has 38 heavy (non-hydrogen) atoms. The van der Waals surface area contributed by atoms with Crippen LogP contribution in [0.15, 0.2) is 11.6 Å². The fourth-order valence-corrected chi connectivity index (χ4v) is 11.6. The second-order valence-electron chi connectivity index (χ2n) is 16.7. The van der Waals surface area contributed by atoms with Gasteiger partial charge in [0.2, 0.25) is 0 Å². The van der Waals surface area contributed by atoms with Crippen LogP contribution in [-0.4, -0.2) is 56.9 Å². The van der Waals surface area contributed by atoms with Gasteiger partial charge in [0.15, 0.2) is 28.3 Å². The van der Waals surface area contributed by atoms with Crippen molar-refractivity contribution in [2.75, 3.05) is 0 Å². The lowest BCUT2D eigenvalue weighted by Gasteiger charge is -2.56. The molecule has 10 atom stereocenters. The third-order valence-electron chi connectivity index (χ3n) is 11.3. The van der Waals surface area contributed by atoms with Crippen LogP contribution in [-0.2, 0) is 18.3 Å². The Hall–Kier alpha value is -0.676. The predicted molar refractivity (Wildman–Crippen MR) is 154 cm³/mol. The van der Waals surface area contributed by atoms with E-state index in [0.29, 0.717) is 11.8 Å². The van der Waals surface area contributed by atoms with E-state index in [4.69, 9.17) is 18.3 Å². The first kappa shape index (κ1) is 28.8. The standard InChI is InChI=1S/C30H52O6Si2/c1-17-14-19-21(27(19,6)7)22-23(35-38(12,13)26(3,4)5)18(2)24-29(34-25(31)33-24)16-28(8,32)15-20(29)30(17,22)36-37(9,10)11/h15,17-19,21-24,32H,14,16H2,1-13H3/t17-,18+,19-,21-,22-,23-,24-,28-,29+,30+/m1/s1. The van der Waals surface area contributed by atoms with Crippen molar-refractivity contribution in [3.8, 4) is 0 Å². The molecule has 216 valence electrons. The lowest BCUT2D eigenvalue weighted by Crippen LogP contribution is -2.62. The number of rotatable bonds is 4. The van der Waals surface area contributed by atoms with Gasteiger partial charge in [-0.1, -0.05) is 48.5 Å². The highest BCUT2D eigenvalue weighted by atomic mass is 28.4. The number of ether oxygens (including phenoxy) is 2. The van der Waals surface area contributed by atoms with E-state index in [2.05, 4.69) is 81.2 Å². The molecule has 6 nitrogen and oxygen atoms in total. The number of hydrogen-bond donors (Lipinski definition) is 1. The third kappa shape index (κ3) is 3.90. The summed E-state index contributed by atoms with van der Waals surface area (Å²) in [5.41, 5.74) is -1.76. The highest BCUT2D eigenvalue weighted by Gasteiger charge is 2.79. The van der Waals surface area contributed by atoms with Gasteiger partial charge in [-0.3, -0.25) is 0 Å². The number of fused-ring (bicyclic) bond motifs is 4. The molecule has 0 aromatic heterocycles. The number of carbonyl (C=O) groups excluding carboxylic acids is 1. The molecule has 0 amide bonds. The van der Waals surface area contributed by atoms with Gasteiger partial charge in [-0.05, 0) is 80.4 Å². The zero-order valence-electron chi connectivity index (χ0n) is 26.0. The molecule has 5 rings (SSSR count). The van der Waals surface area contributed by atoms with Crippen molar-refractivity contribution in [1.82, 2.24) is 0 Å². The predicted octanol–water partition coefficient (Wildman–Crippen LogP) is 6.90. The second kappa shape index (κ2) is 7.99. The third-order valence-corrected chi connectivity index (χ3v) is 16.7. The van der Waals surface area contributed by atoms with Gasteiger partial charge in [0, 0.05) is 23.8 Å². The van der Waals surface area contributed by atoms with Gasteiger partial charge >= 0.3 is 6.16 Å². The Bertz CT molecular complexity index is 1050. The highest BCUT2D eigenvalue weighted by molar-refractivity contribution is 6.74. The number of carbonyl (C=O) groups is 1. The first-order valence-corrected chi connectivity index (χ1v) is 21.1.